The standard InChI is InChI=1S/C20H22N2O3/c1-14(2)16-7-4-6-10-19(16)25-12-15(23)11-22-13-21-18-9-5-3-8-17(18)20(22)24/h3-10,13-15,23H,11-12H2,1-2H3/t15-/m1/s1. The zero-order valence-corrected chi connectivity index (χ0v) is 14.4. The first-order valence-corrected chi connectivity index (χ1v) is 8.40. The van der Waals surface area contributed by atoms with Gasteiger partial charge in [-0.1, -0.05) is 44.2 Å². The number of aliphatic hydroxyl groups is 1. The second kappa shape index (κ2) is 7.49. The van der Waals surface area contributed by atoms with Crippen molar-refractivity contribution in [3.63, 3.8) is 0 Å². The van der Waals surface area contributed by atoms with Crippen molar-refractivity contribution < 1.29 is 9.84 Å². The second-order valence-corrected chi connectivity index (χ2v) is 6.38. The molecule has 25 heavy (non-hydrogen) atoms. The van der Waals surface area contributed by atoms with E-state index in [1.807, 2.05) is 30.3 Å². The van der Waals surface area contributed by atoms with Gasteiger partial charge in [-0.05, 0) is 29.7 Å². The number of rotatable bonds is 6. The molecule has 0 aliphatic heterocycles. The number of fused-ring (bicyclic) bond motifs is 1. The van der Waals surface area contributed by atoms with E-state index in [4.69, 9.17) is 4.74 Å². The lowest BCUT2D eigenvalue weighted by Gasteiger charge is -2.17. The minimum Gasteiger partial charge on any atom is -0.491 e. The molecule has 0 saturated carbocycles. The van der Waals surface area contributed by atoms with Crippen LogP contribution in [0.25, 0.3) is 10.9 Å². The zero-order chi connectivity index (χ0) is 17.8. The van der Waals surface area contributed by atoms with Crippen LogP contribution < -0.4 is 10.3 Å². The monoisotopic (exact) mass is 338 g/mol. The number of para-hydroxylation sites is 2. The number of aromatic nitrogens is 2. The van der Waals surface area contributed by atoms with Gasteiger partial charge in [-0.2, -0.15) is 0 Å². The third-order valence-electron chi connectivity index (χ3n) is 4.11. The molecule has 1 heterocycles. The number of nitrogens with zero attached hydrogens (tertiary/aromatic N) is 2. The molecular weight excluding hydrogens is 316 g/mol. The summed E-state index contributed by atoms with van der Waals surface area (Å²) in [4.78, 5) is 16.7. The van der Waals surface area contributed by atoms with Gasteiger partial charge in [0.2, 0.25) is 0 Å². The Morgan fingerprint density at radius 3 is 2.64 bits per heavy atom. The number of ether oxygens (including phenoxy) is 1. The van der Waals surface area contributed by atoms with E-state index in [9.17, 15) is 9.90 Å². The largest absolute Gasteiger partial charge is 0.491 e. The molecular formula is C20H22N2O3. The summed E-state index contributed by atoms with van der Waals surface area (Å²) in [6, 6.07) is 15.0. The molecule has 1 N–H and O–H groups in total. The Morgan fingerprint density at radius 2 is 1.84 bits per heavy atom. The Morgan fingerprint density at radius 1 is 1.12 bits per heavy atom. The summed E-state index contributed by atoms with van der Waals surface area (Å²) in [5.74, 6) is 1.10. The molecule has 5 heteroatoms. The first-order chi connectivity index (χ1) is 12.1. The summed E-state index contributed by atoms with van der Waals surface area (Å²) in [6.45, 7) is 4.45. The molecule has 0 unspecified atom stereocenters. The Labute approximate surface area is 146 Å². The van der Waals surface area contributed by atoms with Crippen LogP contribution in [0.3, 0.4) is 0 Å². The number of benzene rings is 2. The van der Waals surface area contributed by atoms with E-state index in [2.05, 4.69) is 18.8 Å². The molecule has 3 rings (SSSR count). The average Bonchev–Trinajstić information content (AvgIpc) is 2.63. The van der Waals surface area contributed by atoms with Gasteiger partial charge in [0.25, 0.3) is 5.56 Å². The molecule has 0 amide bonds. The van der Waals surface area contributed by atoms with Gasteiger partial charge in [0, 0.05) is 0 Å². The topological polar surface area (TPSA) is 64.3 Å². The van der Waals surface area contributed by atoms with Crippen molar-refractivity contribution in [2.45, 2.75) is 32.4 Å². The van der Waals surface area contributed by atoms with E-state index < -0.39 is 6.10 Å². The highest BCUT2D eigenvalue weighted by molar-refractivity contribution is 5.76. The van der Waals surface area contributed by atoms with Gasteiger partial charge in [0.15, 0.2) is 0 Å². The number of hydrogen-bond donors (Lipinski definition) is 1. The van der Waals surface area contributed by atoms with Crippen molar-refractivity contribution >= 4 is 10.9 Å². The predicted molar refractivity (Wildman–Crippen MR) is 98.0 cm³/mol. The van der Waals surface area contributed by atoms with E-state index in [0.29, 0.717) is 16.8 Å². The Kier molecular flexibility index (Phi) is 5.14. The molecule has 130 valence electrons. The second-order valence-electron chi connectivity index (χ2n) is 6.38. The summed E-state index contributed by atoms with van der Waals surface area (Å²) >= 11 is 0. The van der Waals surface area contributed by atoms with Crippen LogP contribution in [0.2, 0.25) is 0 Å². The molecule has 0 aliphatic rings. The summed E-state index contributed by atoms with van der Waals surface area (Å²) in [6.07, 6.45) is 0.663. The lowest BCUT2D eigenvalue weighted by Crippen LogP contribution is -2.30. The van der Waals surface area contributed by atoms with Crippen LogP contribution in [0, 0.1) is 0 Å². The van der Waals surface area contributed by atoms with Crippen molar-refractivity contribution in [1.29, 1.82) is 0 Å². The van der Waals surface area contributed by atoms with Gasteiger partial charge in [-0.3, -0.25) is 9.36 Å². The summed E-state index contributed by atoms with van der Waals surface area (Å²) in [5, 5.41) is 10.8. The first kappa shape index (κ1) is 17.2. The van der Waals surface area contributed by atoms with Crippen LogP contribution in [0.15, 0.2) is 59.7 Å². The lowest BCUT2D eigenvalue weighted by atomic mass is 10.0. The van der Waals surface area contributed by atoms with Gasteiger partial charge >= 0.3 is 0 Å². The molecule has 5 nitrogen and oxygen atoms in total. The third kappa shape index (κ3) is 3.88. The first-order valence-electron chi connectivity index (χ1n) is 8.40. The highest BCUT2D eigenvalue weighted by Crippen LogP contribution is 2.25. The van der Waals surface area contributed by atoms with Crippen molar-refractivity contribution in [3.8, 4) is 5.75 Å². The molecule has 3 aromatic rings. The van der Waals surface area contributed by atoms with Gasteiger partial charge < -0.3 is 9.84 Å². The van der Waals surface area contributed by atoms with Crippen LogP contribution in [0.4, 0.5) is 0 Å². The fourth-order valence-corrected chi connectivity index (χ4v) is 2.79. The SMILES string of the molecule is CC(C)c1ccccc1OC[C@H](O)Cn1cnc2ccccc2c1=O. The molecule has 0 fully saturated rings. The van der Waals surface area contributed by atoms with Crippen molar-refractivity contribution in [3.05, 3.63) is 70.8 Å². The average molecular weight is 338 g/mol. The fraction of sp³-hybridized carbons (Fsp3) is 0.300. The zero-order valence-electron chi connectivity index (χ0n) is 14.4. The van der Waals surface area contributed by atoms with Crippen molar-refractivity contribution in [2.75, 3.05) is 6.61 Å². The summed E-state index contributed by atoms with van der Waals surface area (Å²) in [7, 11) is 0. The quantitative estimate of drug-likeness (QED) is 0.750. The van der Waals surface area contributed by atoms with Gasteiger partial charge in [0.1, 0.15) is 18.5 Å². The van der Waals surface area contributed by atoms with Crippen LogP contribution >= 0.6 is 0 Å². The minimum atomic E-state index is -0.805. The maximum atomic E-state index is 12.5. The Balaban J connectivity index is 1.70. The highest BCUT2D eigenvalue weighted by atomic mass is 16.5. The maximum Gasteiger partial charge on any atom is 0.261 e. The smallest absolute Gasteiger partial charge is 0.261 e. The molecule has 1 aromatic heterocycles. The molecule has 2 aromatic carbocycles. The summed E-state index contributed by atoms with van der Waals surface area (Å²) in [5.41, 5.74) is 1.59. The Hall–Kier alpha value is -2.66. The fourth-order valence-electron chi connectivity index (χ4n) is 2.79. The van der Waals surface area contributed by atoms with Gasteiger partial charge in [-0.25, -0.2) is 4.98 Å². The van der Waals surface area contributed by atoms with E-state index in [-0.39, 0.29) is 18.7 Å². The molecule has 0 radical (unpaired) electrons. The van der Waals surface area contributed by atoms with E-state index in [1.165, 1.54) is 10.9 Å². The van der Waals surface area contributed by atoms with Crippen LogP contribution in [-0.2, 0) is 6.54 Å². The molecule has 0 aliphatic carbocycles. The normalized spacial score (nSPS) is 12.5. The number of aliphatic hydroxyl groups excluding tert-OH is 1. The van der Waals surface area contributed by atoms with E-state index >= 15 is 0 Å². The predicted octanol–water partition coefficient (Wildman–Crippen LogP) is 2.96. The van der Waals surface area contributed by atoms with Crippen molar-refractivity contribution in [2.24, 2.45) is 0 Å². The van der Waals surface area contributed by atoms with E-state index in [0.717, 1.165) is 11.3 Å². The summed E-state index contributed by atoms with van der Waals surface area (Å²) < 4.78 is 7.20. The molecule has 0 saturated heterocycles. The lowest BCUT2D eigenvalue weighted by molar-refractivity contribution is 0.0909. The maximum absolute atomic E-state index is 12.5. The Bertz CT molecular complexity index is 918. The van der Waals surface area contributed by atoms with Crippen LogP contribution in [0.1, 0.15) is 25.3 Å². The highest BCUT2D eigenvalue weighted by Gasteiger charge is 2.12. The van der Waals surface area contributed by atoms with Crippen molar-refractivity contribution in [1.82, 2.24) is 9.55 Å². The molecule has 0 bridgehead atoms. The van der Waals surface area contributed by atoms with E-state index in [1.54, 1.807) is 18.2 Å². The van der Waals surface area contributed by atoms with Crippen LogP contribution in [0.5, 0.6) is 5.75 Å². The van der Waals surface area contributed by atoms with Gasteiger partial charge in [-0.15, -0.1) is 0 Å². The van der Waals surface area contributed by atoms with Crippen LogP contribution in [-0.4, -0.2) is 27.4 Å². The van der Waals surface area contributed by atoms with Gasteiger partial charge in [0.05, 0.1) is 23.8 Å². The minimum absolute atomic E-state index is 0.114. The molecule has 0 spiro atoms. The number of hydrogen-bond acceptors (Lipinski definition) is 4. The molecule has 1 atom stereocenters. The third-order valence-corrected chi connectivity index (χ3v) is 4.11.